The average molecular weight is 369 g/mol. The molecule has 134 valence electrons. The zero-order valence-electron chi connectivity index (χ0n) is 14.3. The first-order chi connectivity index (χ1) is 12.7. The number of nitrogens with one attached hydrogen (secondary N) is 1. The van der Waals surface area contributed by atoms with E-state index in [-0.39, 0.29) is 0 Å². The second kappa shape index (κ2) is 7.58. The summed E-state index contributed by atoms with van der Waals surface area (Å²) in [5.41, 5.74) is 3.95. The van der Waals surface area contributed by atoms with Gasteiger partial charge in [-0.1, -0.05) is 53.2 Å². The molecule has 0 radical (unpaired) electrons. The second-order valence-corrected chi connectivity index (χ2v) is 7.10. The first kappa shape index (κ1) is 17.2. The fourth-order valence-corrected chi connectivity index (χ4v) is 3.47. The van der Waals surface area contributed by atoms with E-state index in [0.717, 1.165) is 23.4 Å². The van der Waals surface area contributed by atoms with Crippen LogP contribution < -0.4 is 5.32 Å². The molecule has 2 heterocycles. The quantitative estimate of drug-likeness (QED) is 0.719. The van der Waals surface area contributed by atoms with Gasteiger partial charge < -0.3 is 10.4 Å². The van der Waals surface area contributed by atoms with Gasteiger partial charge in [-0.3, -0.25) is 0 Å². The Bertz CT molecular complexity index is 854. The summed E-state index contributed by atoms with van der Waals surface area (Å²) >= 11 is 5.89. The molecule has 5 nitrogen and oxygen atoms in total. The average Bonchev–Trinajstić information content (AvgIpc) is 3.34. The molecule has 1 unspecified atom stereocenters. The van der Waals surface area contributed by atoms with Crippen LogP contribution in [0.25, 0.3) is 11.3 Å². The van der Waals surface area contributed by atoms with Crippen molar-refractivity contribution in [3.05, 3.63) is 70.9 Å². The standard InChI is InChI=1S/C20H21ClN4O/c21-17-9-7-16(8-10-17)20(26)13-25-12-19(23-24-25)15-5-3-14(4-6-15)18-2-1-11-22-18/h3-10,12,18,20,22,26H,1-2,11,13H2/t18?,20-/m1/s1. The molecule has 0 saturated carbocycles. The van der Waals surface area contributed by atoms with Crippen molar-refractivity contribution in [1.82, 2.24) is 20.3 Å². The number of rotatable bonds is 5. The second-order valence-electron chi connectivity index (χ2n) is 6.66. The Morgan fingerprint density at radius 3 is 2.62 bits per heavy atom. The van der Waals surface area contributed by atoms with Crippen molar-refractivity contribution in [3.63, 3.8) is 0 Å². The Kier molecular flexibility index (Phi) is 5.02. The molecule has 1 fully saturated rings. The molecular formula is C20H21ClN4O. The van der Waals surface area contributed by atoms with E-state index in [9.17, 15) is 5.11 Å². The summed E-state index contributed by atoms with van der Waals surface area (Å²) in [6, 6.07) is 16.1. The SMILES string of the molecule is O[C@H](Cn1cc(-c2ccc(C3CCCN3)cc2)nn1)c1ccc(Cl)cc1. The van der Waals surface area contributed by atoms with Crippen molar-refractivity contribution < 1.29 is 5.11 Å². The molecule has 1 aromatic heterocycles. The number of hydrogen-bond acceptors (Lipinski definition) is 4. The topological polar surface area (TPSA) is 63.0 Å². The van der Waals surface area contributed by atoms with Crippen LogP contribution in [0, 0.1) is 0 Å². The van der Waals surface area contributed by atoms with Crippen LogP contribution in [-0.2, 0) is 6.54 Å². The number of aliphatic hydroxyl groups is 1. The van der Waals surface area contributed by atoms with E-state index in [1.165, 1.54) is 18.4 Å². The van der Waals surface area contributed by atoms with E-state index < -0.39 is 6.10 Å². The first-order valence-electron chi connectivity index (χ1n) is 8.86. The van der Waals surface area contributed by atoms with Crippen molar-refractivity contribution in [1.29, 1.82) is 0 Å². The molecule has 0 amide bonds. The van der Waals surface area contributed by atoms with Crippen LogP contribution in [0.15, 0.2) is 54.7 Å². The molecule has 6 heteroatoms. The molecule has 2 aromatic carbocycles. The summed E-state index contributed by atoms with van der Waals surface area (Å²) in [6.07, 6.45) is 3.63. The minimum absolute atomic E-state index is 0.346. The molecule has 0 spiro atoms. The summed E-state index contributed by atoms with van der Waals surface area (Å²) in [6.45, 7) is 1.44. The van der Waals surface area contributed by atoms with Gasteiger partial charge in [0.25, 0.3) is 0 Å². The lowest BCUT2D eigenvalue weighted by atomic mass is 10.0. The van der Waals surface area contributed by atoms with Gasteiger partial charge in [0.05, 0.1) is 18.8 Å². The normalized spacial score (nSPS) is 18.2. The third-order valence-electron chi connectivity index (χ3n) is 4.82. The van der Waals surface area contributed by atoms with E-state index in [1.807, 2.05) is 18.3 Å². The number of aliphatic hydroxyl groups excluding tert-OH is 1. The highest BCUT2D eigenvalue weighted by molar-refractivity contribution is 6.30. The summed E-state index contributed by atoms with van der Waals surface area (Å²) < 4.78 is 1.67. The Labute approximate surface area is 157 Å². The Morgan fingerprint density at radius 1 is 1.15 bits per heavy atom. The number of nitrogens with zero attached hydrogens (tertiary/aromatic N) is 3. The van der Waals surface area contributed by atoms with Crippen molar-refractivity contribution in [3.8, 4) is 11.3 Å². The molecule has 2 N–H and O–H groups in total. The number of halogens is 1. The van der Waals surface area contributed by atoms with Gasteiger partial charge in [-0.15, -0.1) is 5.10 Å². The molecule has 1 aliphatic rings. The van der Waals surface area contributed by atoms with Crippen LogP contribution in [0.1, 0.15) is 36.1 Å². The third kappa shape index (κ3) is 3.80. The van der Waals surface area contributed by atoms with Gasteiger partial charge in [0, 0.05) is 16.6 Å². The molecule has 26 heavy (non-hydrogen) atoms. The van der Waals surface area contributed by atoms with Crippen LogP contribution in [0.4, 0.5) is 0 Å². The van der Waals surface area contributed by atoms with Gasteiger partial charge in [0.2, 0.25) is 0 Å². The highest BCUT2D eigenvalue weighted by Crippen LogP contribution is 2.26. The van der Waals surface area contributed by atoms with Gasteiger partial charge in [-0.2, -0.15) is 0 Å². The fourth-order valence-electron chi connectivity index (χ4n) is 3.34. The lowest BCUT2D eigenvalue weighted by Crippen LogP contribution is -2.12. The van der Waals surface area contributed by atoms with Crippen LogP contribution in [-0.4, -0.2) is 26.6 Å². The van der Waals surface area contributed by atoms with Crippen molar-refractivity contribution in [2.45, 2.75) is 31.5 Å². The van der Waals surface area contributed by atoms with Gasteiger partial charge in [-0.25, -0.2) is 4.68 Å². The van der Waals surface area contributed by atoms with Gasteiger partial charge in [0.1, 0.15) is 5.69 Å². The molecule has 1 saturated heterocycles. The van der Waals surface area contributed by atoms with Crippen LogP contribution in [0.5, 0.6) is 0 Å². The predicted octanol–water partition coefficient (Wildman–Crippen LogP) is 3.76. The fraction of sp³-hybridized carbons (Fsp3) is 0.300. The Hall–Kier alpha value is -2.21. The minimum Gasteiger partial charge on any atom is -0.386 e. The molecular weight excluding hydrogens is 348 g/mol. The van der Waals surface area contributed by atoms with E-state index >= 15 is 0 Å². The summed E-state index contributed by atoms with van der Waals surface area (Å²) in [5, 5.41) is 22.9. The van der Waals surface area contributed by atoms with Crippen molar-refractivity contribution in [2.75, 3.05) is 6.54 Å². The molecule has 0 aliphatic carbocycles. The van der Waals surface area contributed by atoms with Gasteiger partial charge in [-0.05, 0) is 42.6 Å². The first-order valence-corrected chi connectivity index (χ1v) is 9.24. The highest BCUT2D eigenvalue weighted by atomic mass is 35.5. The molecule has 2 atom stereocenters. The number of aromatic nitrogens is 3. The van der Waals surface area contributed by atoms with E-state index in [0.29, 0.717) is 17.6 Å². The predicted molar refractivity (Wildman–Crippen MR) is 102 cm³/mol. The van der Waals surface area contributed by atoms with Crippen LogP contribution in [0.3, 0.4) is 0 Å². The largest absolute Gasteiger partial charge is 0.386 e. The van der Waals surface area contributed by atoms with Gasteiger partial charge in [0.15, 0.2) is 0 Å². The van der Waals surface area contributed by atoms with Crippen LogP contribution in [0.2, 0.25) is 5.02 Å². The molecule has 1 aliphatic heterocycles. The maximum Gasteiger partial charge on any atom is 0.113 e. The molecule has 3 aromatic rings. The van der Waals surface area contributed by atoms with Crippen LogP contribution >= 0.6 is 11.6 Å². The van der Waals surface area contributed by atoms with E-state index in [4.69, 9.17) is 11.6 Å². The zero-order valence-corrected chi connectivity index (χ0v) is 15.1. The Morgan fingerprint density at radius 2 is 1.92 bits per heavy atom. The summed E-state index contributed by atoms with van der Waals surface area (Å²) in [5.74, 6) is 0. The third-order valence-corrected chi connectivity index (χ3v) is 5.07. The molecule has 4 rings (SSSR count). The highest BCUT2D eigenvalue weighted by Gasteiger charge is 2.16. The smallest absolute Gasteiger partial charge is 0.113 e. The van der Waals surface area contributed by atoms with E-state index in [1.54, 1.807) is 16.8 Å². The zero-order chi connectivity index (χ0) is 17.9. The maximum atomic E-state index is 10.4. The lowest BCUT2D eigenvalue weighted by Gasteiger charge is -2.11. The lowest BCUT2D eigenvalue weighted by molar-refractivity contribution is 0.150. The summed E-state index contributed by atoms with van der Waals surface area (Å²) in [4.78, 5) is 0. The van der Waals surface area contributed by atoms with E-state index in [2.05, 4.69) is 39.9 Å². The number of benzene rings is 2. The summed E-state index contributed by atoms with van der Waals surface area (Å²) in [7, 11) is 0. The van der Waals surface area contributed by atoms with Gasteiger partial charge >= 0.3 is 0 Å². The molecule has 0 bridgehead atoms. The minimum atomic E-state index is -0.655. The monoisotopic (exact) mass is 368 g/mol. The maximum absolute atomic E-state index is 10.4. The number of hydrogen-bond donors (Lipinski definition) is 2. The Balaban J connectivity index is 1.44. The van der Waals surface area contributed by atoms with Crippen molar-refractivity contribution in [2.24, 2.45) is 0 Å². The van der Waals surface area contributed by atoms with Crippen molar-refractivity contribution >= 4 is 11.6 Å².